The number of fused-ring (bicyclic) bond motifs is 2. The molecular weight excluding hydrogens is 324 g/mol. The molecule has 25 heavy (non-hydrogen) atoms. The van der Waals surface area contributed by atoms with Crippen molar-refractivity contribution in [3.05, 3.63) is 36.0 Å². The lowest BCUT2D eigenvalue weighted by atomic mass is 9.82. The summed E-state index contributed by atoms with van der Waals surface area (Å²) in [6, 6.07) is 0. The van der Waals surface area contributed by atoms with Crippen molar-refractivity contribution in [2.75, 3.05) is 0 Å². The van der Waals surface area contributed by atoms with Gasteiger partial charge in [0, 0.05) is 24.0 Å². The number of aliphatic hydroxyl groups excluding tert-OH is 1. The van der Waals surface area contributed by atoms with Gasteiger partial charge in [0.05, 0.1) is 23.7 Å². The largest absolute Gasteiger partial charge is 0.458 e. The van der Waals surface area contributed by atoms with E-state index >= 15 is 0 Å². The fourth-order valence-corrected chi connectivity index (χ4v) is 3.59. The van der Waals surface area contributed by atoms with Crippen LogP contribution in [0.2, 0.25) is 0 Å². The summed E-state index contributed by atoms with van der Waals surface area (Å²) in [5.74, 6) is -1.55. The highest BCUT2D eigenvalue weighted by Gasteiger charge is 2.57. The second-order valence-corrected chi connectivity index (χ2v) is 7.43. The van der Waals surface area contributed by atoms with Gasteiger partial charge in [0.25, 0.3) is 0 Å². The van der Waals surface area contributed by atoms with Crippen LogP contribution in [0, 0.1) is 5.92 Å². The van der Waals surface area contributed by atoms with Crippen LogP contribution in [0.1, 0.15) is 33.6 Å². The zero-order valence-corrected chi connectivity index (χ0v) is 14.8. The van der Waals surface area contributed by atoms with Crippen molar-refractivity contribution in [1.29, 1.82) is 0 Å². The van der Waals surface area contributed by atoms with Crippen molar-refractivity contribution < 1.29 is 28.9 Å². The summed E-state index contributed by atoms with van der Waals surface area (Å²) >= 11 is 0. The van der Waals surface area contributed by atoms with Crippen LogP contribution in [0.15, 0.2) is 36.0 Å². The van der Waals surface area contributed by atoms with Gasteiger partial charge in [-0.1, -0.05) is 13.2 Å². The molecule has 0 amide bonds. The Bertz CT molecular complexity index is 677. The first-order valence-corrected chi connectivity index (χ1v) is 8.43. The lowest BCUT2D eigenvalue weighted by Gasteiger charge is -2.29. The Balaban J connectivity index is 1.98. The first kappa shape index (κ1) is 17.9. The van der Waals surface area contributed by atoms with Crippen LogP contribution < -0.4 is 0 Å². The minimum Gasteiger partial charge on any atom is -0.458 e. The number of rotatable bonds is 2. The van der Waals surface area contributed by atoms with Crippen LogP contribution in [0.3, 0.4) is 0 Å². The van der Waals surface area contributed by atoms with E-state index in [4.69, 9.17) is 14.2 Å². The molecule has 6 heteroatoms. The van der Waals surface area contributed by atoms with Gasteiger partial charge in [-0.05, 0) is 32.4 Å². The van der Waals surface area contributed by atoms with Gasteiger partial charge < -0.3 is 19.3 Å². The molecule has 6 atom stereocenters. The van der Waals surface area contributed by atoms with Crippen LogP contribution in [-0.2, 0) is 23.8 Å². The smallest absolute Gasteiger partial charge is 0.334 e. The van der Waals surface area contributed by atoms with Gasteiger partial charge >= 0.3 is 11.9 Å². The molecule has 2 heterocycles. The molecule has 2 saturated heterocycles. The van der Waals surface area contributed by atoms with Crippen molar-refractivity contribution in [1.82, 2.24) is 0 Å². The molecule has 0 saturated carbocycles. The van der Waals surface area contributed by atoms with E-state index in [2.05, 4.69) is 13.2 Å². The van der Waals surface area contributed by atoms with E-state index in [-0.39, 0.29) is 17.3 Å². The lowest BCUT2D eigenvalue weighted by Crippen LogP contribution is -2.37. The van der Waals surface area contributed by atoms with E-state index < -0.39 is 41.8 Å². The second kappa shape index (κ2) is 6.11. The number of esters is 2. The number of epoxide rings is 1. The molecule has 1 aliphatic carbocycles. The summed E-state index contributed by atoms with van der Waals surface area (Å²) in [5.41, 5.74) is 0.728. The normalized spacial score (nSPS) is 42.4. The Kier molecular flexibility index (Phi) is 4.37. The Labute approximate surface area is 147 Å². The number of hydrogen-bond acceptors (Lipinski definition) is 6. The van der Waals surface area contributed by atoms with Crippen LogP contribution in [0.4, 0.5) is 0 Å². The maximum Gasteiger partial charge on any atom is 0.334 e. The highest BCUT2D eigenvalue weighted by Crippen LogP contribution is 2.47. The average molecular weight is 348 g/mol. The molecule has 0 spiro atoms. The Morgan fingerprint density at radius 1 is 1.48 bits per heavy atom. The highest BCUT2D eigenvalue weighted by atomic mass is 16.6. The Hall–Kier alpha value is -1.92. The van der Waals surface area contributed by atoms with E-state index in [1.165, 1.54) is 0 Å². The Morgan fingerprint density at radius 3 is 2.80 bits per heavy atom. The minimum absolute atomic E-state index is 0.125. The molecule has 3 rings (SSSR count). The predicted molar refractivity (Wildman–Crippen MR) is 89.5 cm³/mol. The van der Waals surface area contributed by atoms with Gasteiger partial charge in [-0.15, -0.1) is 0 Å². The third-order valence-corrected chi connectivity index (χ3v) is 5.30. The summed E-state index contributed by atoms with van der Waals surface area (Å²) in [6.45, 7) is 12.7. The molecule has 0 bridgehead atoms. The van der Waals surface area contributed by atoms with Crippen LogP contribution >= 0.6 is 0 Å². The van der Waals surface area contributed by atoms with Crippen molar-refractivity contribution >= 4 is 11.9 Å². The first-order chi connectivity index (χ1) is 11.6. The quantitative estimate of drug-likeness (QED) is 0.355. The molecule has 0 unspecified atom stereocenters. The lowest BCUT2D eigenvalue weighted by molar-refractivity contribution is -0.148. The molecule has 2 aliphatic heterocycles. The third kappa shape index (κ3) is 3.28. The molecule has 0 aromatic heterocycles. The van der Waals surface area contributed by atoms with Crippen molar-refractivity contribution in [2.45, 2.75) is 63.6 Å². The standard InChI is InChI=1S/C19H24O6/c1-9(2)17(21)24-14-8-19(5)15(25-19)7-12(20)10(3)6-13-16(14)11(4)18(22)23-13/h6,12-16,20H,1,4,7-8H2,2-3,5H3/b10-6-/t12-,13+,14-,15+,16-,19-/m1/s1. The summed E-state index contributed by atoms with van der Waals surface area (Å²) in [5, 5.41) is 10.3. The first-order valence-electron chi connectivity index (χ1n) is 8.43. The number of ether oxygens (including phenoxy) is 3. The molecule has 136 valence electrons. The van der Waals surface area contributed by atoms with Crippen LogP contribution in [-0.4, -0.2) is 47.1 Å². The van der Waals surface area contributed by atoms with E-state index in [1.807, 2.05) is 6.92 Å². The minimum atomic E-state index is -0.672. The second-order valence-electron chi connectivity index (χ2n) is 7.43. The van der Waals surface area contributed by atoms with Crippen LogP contribution in [0.5, 0.6) is 0 Å². The third-order valence-electron chi connectivity index (χ3n) is 5.30. The Morgan fingerprint density at radius 2 is 2.16 bits per heavy atom. The molecule has 6 nitrogen and oxygen atoms in total. The molecule has 0 aromatic rings. The van der Waals surface area contributed by atoms with Gasteiger partial charge in [0.15, 0.2) is 0 Å². The zero-order valence-electron chi connectivity index (χ0n) is 14.8. The molecule has 0 radical (unpaired) electrons. The monoisotopic (exact) mass is 348 g/mol. The van der Waals surface area contributed by atoms with Gasteiger partial charge in [0.1, 0.15) is 12.2 Å². The van der Waals surface area contributed by atoms with E-state index in [0.29, 0.717) is 18.4 Å². The number of carbonyl (C=O) groups excluding carboxylic acids is 2. The molecular formula is C19H24O6. The van der Waals surface area contributed by atoms with Gasteiger partial charge in [-0.2, -0.15) is 0 Å². The van der Waals surface area contributed by atoms with Crippen molar-refractivity contribution in [3.63, 3.8) is 0 Å². The molecule has 0 aromatic carbocycles. The van der Waals surface area contributed by atoms with Crippen LogP contribution in [0.25, 0.3) is 0 Å². The van der Waals surface area contributed by atoms with Gasteiger partial charge in [0.2, 0.25) is 0 Å². The summed E-state index contributed by atoms with van der Waals surface area (Å²) in [7, 11) is 0. The maximum absolute atomic E-state index is 12.1. The fourth-order valence-electron chi connectivity index (χ4n) is 3.59. The maximum atomic E-state index is 12.1. The molecule has 1 N–H and O–H groups in total. The van der Waals surface area contributed by atoms with E-state index in [0.717, 1.165) is 0 Å². The number of carbonyl (C=O) groups is 2. The topological polar surface area (TPSA) is 85.4 Å². The van der Waals surface area contributed by atoms with Gasteiger partial charge in [-0.3, -0.25) is 0 Å². The fraction of sp³-hybridized carbons (Fsp3) is 0.579. The molecule has 3 aliphatic rings. The van der Waals surface area contributed by atoms with E-state index in [9.17, 15) is 14.7 Å². The number of aliphatic hydroxyl groups is 1. The van der Waals surface area contributed by atoms with Crippen molar-refractivity contribution in [2.24, 2.45) is 5.92 Å². The highest BCUT2D eigenvalue weighted by molar-refractivity contribution is 5.91. The summed E-state index contributed by atoms with van der Waals surface area (Å²) in [4.78, 5) is 24.2. The predicted octanol–water partition coefficient (Wildman–Crippen LogP) is 1.83. The van der Waals surface area contributed by atoms with Crippen molar-refractivity contribution in [3.8, 4) is 0 Å². The van der Waals surface area contributed by atoms with E-state index in [1.54, 1.807) is 19.9 Å². The summed E-state index contributed by atoms with van der Waals surface area (Å²) in [6.07, 6.45) is 0.519. The summed E-state index contributed by atoms with van der Waals surface area (Å²) < 4.78 is 16.8. The number of hydrogen-bond donors (Lipinski definition) is 1. The zero-order chi connectivity index (χ0) is 18.5. The SMILES string of the molecule is C=C(C)C(=O)O[C@@H]1C[C@@]2(C)O[C@H]2C[C@@H](O)/C(C)=C\[C@@H]2OC(=O)C(=C)[C@H]21. The van der Waals surface area contributed by atoms with Gasteiger partial charge in [-0.25, -0.2) is 9.59 Å². The molecule has 2 fully saturated rings. The average Bonchev–Trinajstić information content (AvgIpc) is 3.04.